The average molecular weight is 236 g/mol. The SMILES string of the molecule is CC1Cc2ccccc2C1NC(=O)NCCF. The molecule has 3 nitrogen and oxygen atoms in total. The molecular formula is C13H17FN2O. The van der Waals surface area contributed by atoms with E-state index in [0.717, 1.165) is 6.42 Å². The Bertz CT molecular complexity index is 408. The van der Waals surface area contributed by atoms with Gasteiger partial charge in [0.05, 0.1) is 6.04 Å². The van der Waals surface area contributed by atoms with Gasteiger partial charge in [0.25, 0.3) is 0 Å². The lowest BCUT2D eigenvalue weighted by Crippen LogP contribution is -2.39. The van der Waals surface area contributed by atoms with E-state index < -0.39 is 6.67 Å². The number of halogens is 1. The first-order valence-corrected chi connectivity index (χ1v) is 5.90. The molecule has 2 atom stereocenters. The number of fused-ring (bicyclic) bond motifs is 1. The molecule has 0 fully saturated rings. The molecule has 0 heterocycles. The zero-order chi connectivity index (χ0) is 12.3. The molecule has 17 heavy (non-hydrogen) atoms. The van der Waals surface area contributed by atoms with Crippen molar-refractivity contribution in [2.45, 2.75) is 19.4 Å². The number of hydrogen-bond donors (Lipinski definition) is 2. The van der Waals surface area contributed by atoms with Gasteiger partial charge in [-0.05, 0) is 23.5 Å². The van der Waals surface area contributed by atoms with Crippen LogP contribution in [0.2, 0.25) is 0 Å². The fraction of sp³-hybridized carbons (Fsp3) is 0.462. The standard InChI is InChI=1S/C13H17FN2O/c1-9-8-10-4-2-3-5-11(10)12(9)16-13(17)15-7-6-14/h2-5,9,12H,6-8H2,1H3,(H2,15,16,17). The van der Waals surface area contributed by atoms with Crippen molar-refractivity contribution in [2.24, 2.45) is 5.92 Å². The van der Waals surface area contributed by atoms with Crippen molar-refractivity contribution in [3.63, 3.8) is 0 Å². The van der Waals surface area contributed by atoms with Gasteiger partial charge in [0, 0.05) is 6.54 Å². The summed E-state index contributed by atoms with van der Waals surface area (Å²) in [5.41, 5.74) is 2.46. The van der Waals surface area contributed by atoms with Crippen LogP contribution >= 0.6 is 0 Å². The van der Waals surface area contributed by atoms with Crippen LogP contribution in [0.5, 0.6) is 0 Å². The molecule has 0 spiro atoms. The maximum absolute atomic E-state index is 11.9. The van der Waals surface area contributed by atoms with Crippen molar-refractivity contribution < 1.29 is 9.18 Å². The highest BCUT2D eigenvalue weighted by molar-refractivity contribution is 5.74. The Morgan fingerprint density at radius 3 is 3.00 bits per heavy atom. The normalized spacial score (nSPS) is 22.0. The van der Waals surface area contributed by atoms with Gasteiger partial charge in [0.1, 0.15) is 6.67 Å². The Balaban J connectivity index is 2.04. The topological polar surface area (TPSA) is 41.1 Å². The van der Waals surface area contributed by atoms with E-state index in [1.165, 1.54) is 11.1 Å². The zero-order valence-electron chi connectivity index (χ0n) is 9.87. The van der Waals surface area contributed by atoms with E-state index in [1.54, 1.807) is 0 Å². The lowest BCUT2D eigenvalue weighted by atomic mass is 10.0. The zero-order valence-corrected chi connectivity index (χ0v) is 9.87. The second kappa shape index (κ2) is 5.17. The van der Waals surface area contributed by atoms with Crippen LogP contribution in [-0.4, -0.2) is 19.3 Å². The molecule has 2 amide bonds. The lowest BCUT2D eigenvalue weighted by Gasteiger charge is -2.18. The summed E-state index contributed by atoms with van der Waals surface area (Å²) in [5, 5.41) is 5.39. The summed E-state index contributed by atoms with van der Waals surface area (Å²) in [6.45, 7) is 1.64. The molecule has 2 unspecified atom stereocenters. The molecule has 0 aliphatic heterocycles. The number of hydrogen-bond acceptors (Lipinski definition) is 1. The first-order valence-electron chi connectivity index (χ1n) is 5.90. The number of nitrogens with one attached hydrogen (secondary N) is 2. The minimum atomic E-state index is -0.537. The van der Waals surface area contributed by atoms with Gasteiger partial charge in [-0.25, -0.2) is 9.18 Å². The summed E-state index contributed by atoms with van der Waals surface area (Å²) in [7, 11) is 0. The van der Waals surface area contributed by atoms with Crippen LogP contribution in [0.1, 0.15) is 24.1 Å². The molecule has 2 N–H and O–H groups in total. The van der Waals surface area contributed by atoms with Gasteiger partial charge in [0.2, 0.25) is 0 Å². The van der Waals surface area contributed by atoms with Gasteiger partial charge in [-0.3, -0.25) is 0 Å². The number of rotatable bonds is 3. The molecule has 1 aliphatic carbocycles. The average Bonchev–Trinajstić information content (AvgIpc) is 2.64. The third kappa shape index (κ3) is 2.57. The molecule has 0 radical (unpaired) electrons. The van der Waals surface area contributed by atoms with E-state index in [-0.39, 0.29) is 18.6 Å². The molecule has 1 aliphatic rings. The number of carbonyl (C=O) groups excluding carboxylic acids is 1. The molecular weight excluding hydrogens is 219 g/mol. The Morgan fingerprint density at radius 2 is 2.24 bits per heavy atom. The van der Waals surface area contributed by atoms with Crippen LogP contribution in [0.3, 0.4) is 0 Å². The van der Waals surface area contributed by atoms with E-state index in [0.29, 0.717) is 5.92 Å². The molecule has 0 saturated carbocycles. The summed E-state index contributed by atoms with van der Waals surface area (Å²) in [5.74, 6) is 0.378. The first-order chi connectivity index (χ1) is 8.22. The van der Waals surface area contributed by atoms with Crippen molar-refractivity contribution in [2.75, 3.05) is 13.2 Å². The van der Waals surface area contributed by atoms with Gasteiger partial charge in [-0.15, -0.1) is 0 Å². The number of carbonyl (C=O) groups is 1. The number of benzene rings is 1. The van der Waals surface area contributed by atoms with Gasteiger partial charge >= 0.3 is 6.03 Å². The van der Waals surface area contributed by atoms with E-state index in [1.807, 2.05) is 18.2 Å². The third-order valence-electron chi connectivity index (χ3n) is 3.17. The first kappa shape index (κ1) is 11.9. The van der Waals surface area contributed by atoms with E-state index >= 15 is 0 Å². The van der Waals surface area contributed by atoms with Crippen LogP contribution < -0.4 is 10.6 Å². The van der Waals surface area contributed by atoms with Gasteiger partial charge < -0.3 is 10.6 Å². The van der Waals surface area contributed by atoms with Crippen molar-refractivity contribution in [3.8, 4) is 0 Å². The van der Waals surface area contributed by atoms with Crippen LogP contribution in [0.15, 0.2) is 24.3 Å². The van der Waals surface area contributed by atoms with E-state index in [2.05, 4.69) is 23.6 Å². The molecule has 0 aromatic heterocycles. The smallest absolute Gasteiger partial charge is 0.315 e. The molecule has 0 bridgehead atoms. The maximum Gasteiger partial charge on any atom is 0.315 e. The van der Waals surface area contributed by atoms with Crippen LogP contribution in [0.4, 0.5) is 9.18 Å². The fourth-order valence-corrected chi connectivity index (χ4v) is 2.37. The highest BCUT2D eigenvalue weighted by Gasteiger charge is 2.29. The molecule has 92 valence electrons. The Labute approximate surface area is 100 Å². The summed E-state index contributed by atoms with van der Waals surface area (Å²) in [6.07, 6.45) is 0.976. The van der Waals surface area contributed by atoms with Crippen molar-refractivity contribution in [1.29, 1.82) is 0 Å². The number of amides is 2. The van der Waals surface area contributed by atoms with Crippen molar-refractivity contribution >= 4 is 6.03 Å². The minimum absolute atomic E-state index is 0.0332. The summed E-state index contributed by atoms with van der Waals surface area (Å²) in [6, 6.07) is 7.86. The second-order valence-electron chi connectivity index (χ2n) is 4.45. The van der Waals surface area contributed by atoms with E-state index in [4.69, 9.17) is 0 Å². The molecule has 1 aromatic carbocycles. The third-order valence-corrected chi connectivity index (χ3v) is 3.17. The van der Waals surface area contributed by atoms with Gasteiger partial charge in [-0.1, -0.05) is 31.2 Å². The molecule has 4 heteroatoms. The summed E-state index contributed by atoms with van der Waals surface area (Å²) in [4.78, 5) is 11.5. The van der Waals surface area contributed by atoms with Crippen molar-refractivity contribution in [1.82, 2.24) is 10.6 Å². The van der Waals surface area contributed by atoms with E-state index in [9.17, 15) is 9.18 Å². The molecule has 1 aromatic rings. The molecule has 0 saturated heterocycles. The number of urea groups is 1. The van der Waals surface area contributed by atoms with Gasteiger partial charge in [0.15, 0.2) is 0 Å². The monoisotopic (exact) mass is 236 g/mol. The predicted octanol–water partition coefficient (Wildman–Crippen LogP) is 2.19. The number of alkyl halides is 1. The van der Waals surface area contributed by atoms with Crippen LogP contribution in [0, 0.1) is 5.92 Å². The quantitative estimate of drug-likeness (QED) is 0.830. The van der Waals surface area contributed by atoms with Crippen molar-refractivity contribution in [3.05, 3.63) is 35.4 Å². The fourth-order valence-electron chi connectivity index (χ4n) is 2.37. The Kier molecular flexibility index (Phi) is 3.61. The molecule has 2 rings (SSSR count). The Morgan fingerprint density at radius 1 is 1.47 bits per heavy atom. The summed E-state index contributed by atoms with van der Waals surface area (Å²) < 4.78 is 11.9. The van der Waals surface area contributed by atoms with Crippen LogP contribution in [-0.2, 0) is 6.42 Å². The Hall–Kier alpha value is -1.58. The maximum atomic E-state index is 11.9. The highest BCUT2D eigenvalue weighted by atomic mass is 19.1. The lowest BCUT2D eigenvalue weighted by molar-refractivity contribution is 0.232. The van der Waals surface area contributed by atoms with Crippen LogP contribution in [0.25, 0.3) is 0 Å². The second-order valence-corrected chi connectivity index (χ2v) is 4.45. The largest absolute Gasteiger partial charge is 0.336 e. The van der Waals surface area contributed by atoms with Gasteiger partial charge in [-0.2, -0.15) is 0 Å². The highest BCUT2D eigenvalue weighted by Crippen LogP contribution is 2.35. The summed E-state index contributed by atoms with van der Waals surface area (Å²) >= 11 is 0. The minimum Gasteiger partial charge on any atom is -0.336 e. The predicted molar refractivity (Wildman–Crippen MR) is 64.6 cm³/mol.